The third-order valence-electron chi connectivity index (χ3n) is 13.0. The Morgan fingerprint density at radius 2 is 0.609 bits per heavy atom. The average molecular weight is 835 g/mol. The second-order valence-corrected chi connectivity index (χ2v) is 20.0. The Morgan fingerprint density at radius 1 is 0.281 bits per heavy atom. The molecule has 6 nitrogen and oxygen atoms in total. The van der Waals surface area contributed by atoms with Gasteiger partial charge in [-0.2, -0.15) is 15.0 Å². The van der Waals surface area contributed by atoms with Crippen molar-refractivity contribution >= 4 is 89.2 Å². The van der Waals surface area contributed by atoms with Crippen LogP contribution >= 0.6 is 0 Å². The predicted molar refractivity (Wildman–Crippen MR) is 266 cm³/mol. The van der Waals surface area contributed by atoms with Crippen LogP contribution < -0.4 is 15.6 Å². The third-order valence-corrected chi connectivity index (χ3v) is 17.6. The molecule has 0 aliphatic carbocycles. The van der Waals surface area contributed by atoms with Gasteiger partial charge >= 0.3 is 0 Å². The molecule has 7 heteroatoms. The van der Waals surface area contributed by atoms with E-state index >= 15 is 0 Å². The fraction of sp³-hybridized carbons (Fsp3) is 0. The Balaban J connectivity index is 1.14. The molecule has 0 radical (unpaired) electrons. The van der Waals surface area contributed by atoms with Crippen molar-refractivity contribution in [2.45, 2.75) is 0 Å². The number of benzene rings is 9. The summed E-state index contributed by atoms with van der Waals surface area (Å²) in [6.45, 7) is 0. The van der Waals surface area contributed by atoms with Crippen LogP contribution in [-0.2, 0) is 0 Å². The summed E-state index contributed by atoms with van der Waals surface area (Å²) in [5.74, 6) is 1.71. The van der Waals surface area contributed by atoms with Gasteiger partial charge in [0, 0.05) is 48.9 Å². The topological polar surface area (TPSA) is 53.5 Å². The molecule has 0 aliphatic rings. The Morgan fingerprint density at radius 3 is 1.02 bits per heavy atom. The maximum absolute atomic E-state index is 5.48. The van der Waals surface area contributed by atoms with E-state index in [1.807, 2.05) is 0 Å². The molecule has 13 rings (SSSR count). The highest BCUT2D eigenvalue weighted by Gasteiger charge is 2.44. The summed E-state index contributed by atoms with van der Waals surface area (Å²) in [7, 11) is -3.18. The molecule has 13 aromatic rings. The Kier molecular flexibility index (Phi) is 8.13. The lowest BCUT2D eigenvalue weighted by molar-refractivity contribution is 0.893. The van der Waals surface area contributed by atoms with Crippen LogP contribution in [0.15, 0.2) is 231 Å². The van der Waals surface area contributed by atoms with Crippen LogP contribution in [0.25, 0.3) is 88.7 Å². The van der Waals surface area contributed by atoms with Crippen molar-refractivity contribution in [2.24, 2.45) is 0 Å². The van der Waals surface area contributed by atoms with Crippen LogP contribution in [0.3, 0.4) is 0 Å². The van der Waals surface area contributed by atoms with E-state index in [9.17, 15) is 0 Å². The molecule has 0 unspecified atom stereocenters. The van der Waals surface area contributed by atoms with Crippen LogP contribution in [0.5, 0.6) is 0 Å². The summed E-state index contributed by atoms with van der Waals surface area (Å²) in [4.78, 5) is 16.4. The van der Waals surface area contributed by atoms with Gasteiger partial charge in [-0.1, -0.05) is 188 Å². The molecule has 0 atom stereocenters. The fourth-order valence-electron chi connectivity index (χ4n) is 10.4. The van der Waals surface area contributed by atoms with Gasteiger partial charge in [0.05, 0.1) is 22.1 Å². The van der Waals surface area contributed by atoms with Gasteiger partial charge in [0.1, 0.15) is 0 Å². The zero-order chi connectivity index (χ0) is 42.2. The van der Waals surface area contributed by atoms with Crippen molar-refractivity contribution < 1.29 is 0 Å². The number of hydrogen-bond donors (Lipinski definition) is 0. The maximum atomic E-state index is 5.48. The number of nitrogens with zero attached hydrogens (tertiary/aromatic N) is 6. The van der Waals surface area contributed by atoms with E-state index in [0.29, 0.717) is 17.7 Å². The molecule has 0 saturated heterocycles. The van der Waals surface area contributed by atoms with E-state index in [4.69, 9.17) is 15.0 Å². The van der Waals surface area contributed by atoms with E-state index in [1.165, 1.54) is 37.4 Å². The number of fused-ring (bicyclic) bond motifs is 9. The molecular formula is C57H38N6Si. The molecule has 0 N–H and O–H groups in total. The van der Waals surface area contributed by atoms with Crippen molar-refractivity contribution in [3.63, 3.8) is 0 Å². The molecule has 4 aromatic heterocycles. The van der Waals surface area contributed by atoms with Crippen molar-refractivity contribution in [1.29, 1.82) is 0 Å². The van der Waals surface area contributed by atoms with Crippen molar-refractivity contribution in [3.8, 4) is 23.3 Å². The maximum Gasteiger partial charge on any atom is 0.257 e. The zero-order valence-corrected chi connectivity index (χ0v) is 35.6. The molecule has 0 amide bonds. The Labute approximate surface area is 369 Å². The second-order valence-electron chi connectivity index (χ2n) is 16.4. The van der Waals surface area contributed by atoms with Crippen LogP contribution in [-0.4, -0.2) is 36.6 Å². The molecule has 0 aliphatic heterocycles. The van der Waals surface area contributed by atoms with Crippen LogP contribution in [0.4, 0.5) is 0 Å². The number of rotatable bonds is 7. The molecule has 64 heavy (non-hydrogen) atoms. The Bertz CT molecular complexity index is 3590. The SMILES string of the molecule is c1ccc([Si](c2ccccc2)(c2cccc(-c3nc(-n4c5ccccc5c5ccccc54)nc(-n4c5ccccc5c5ccccc54)n3)c2)n2c3ccccc3c3ccccc32)cc1. The first-order valence-electron chi connectivity index (χ1n) is 21.7. The molecule has 4 heterocycles. The summed E-state index contributed by atoms with van der Waals surface area (Å²) in [5, 5.41) is 10.8. The minimum Gasteiger partial charge on any atom is -0.355 e. The van der Waals surface area contributed by atoms with Gasteiger partial charge in [-0.3, -0.25) is 9.13 Å². The van der Waals surface area contributed by atoms with Gasteiger partial charge in [-0.05, 0) is 58.0 Å². The fourth-order valence-corrected chi connectivity index (χ4v) is 15.3. The van der Waals surface area contributed by atoms with E-state index in [-0.39, 0.29) is 0 Å². The van der Waals surface area contributed by atoms with E-state index in [0.717, 1.165) is 49.2 Å². The third kappa shape index (κ3) is 5.28. The van der Waals surface area contributed by atoms with E-state index in [2.05, 4.69) is 244 Å². The molecule has 300 valence electrons. The lowest BCUT2D eigenvalue weighted by atomic mass is 10.2. The summed E-state index contributed by atoms with van der Waals surface area (Å²) in [5.41, 5.74) is 7.46. The van der Waals surface area contributed by atoms with Gasteiger partial charge in [0.15, 0.2) is 5.82 Å². The minimum absolute atomic E-state index is 0.557. The first-order chi connectivity index (χ1) is 31.8. The molecule has 0 fully saturated rings. The monoisotopic (exact) mass is 834 g/mol. The minimum atomic E-state index is -3.18. The highest BCUT2D eigenvalue weighted by atomic mass is 28.3. The summed E-state index contributed by atoms with van der Waals surface area (Å²) < 4.78 is 7.08. The summed E-state index contributed by atoms with van der Waals surface area (Å²) in [6.07, 6.45) is 0. The first-order valence-corrected chi connectivity index (χ1v) is 23.7. The molecule has 0 spiro atoms. The van der Waals surface area contributed by atoms with Crippen molar-refractivity contribution in [3.05, 3.63) is 231 Å². The molecule has 0 saturated carbocycles. The van der Waals surface area contributed by atoms with Gasteiger partial charge in [-0.25, -0.2) is 0 Å². The Hall–Kier alpha value is -8.39. The highest BCUT2D eigenvalue weighted by molar-refractivity contribution is 7.11. The molecule has 0 bridgehead atoms. The largest absolute Gasteiger partial charge is 0.355 e. The van der Waals surface area contributed by atoms with Gasteiger partial charge in [0.25, 0.3) is 8.24 Å². The summed E-state index contributed by atoms with van der Waals surface area (Å²) >= 11 is 0. The van der Waals surface area contributed by atoms with Crippen molar-refractivity contribution in [2.75, 3.05) is 0 Å². The normalized spacial score (nSPS) is 12.1. The summed E-state index contributed by atoms with van der Waals surface area (Å²) in [6, 6.07) is 83.1. The highest BCUT2D eigenvalue weighted by Crippen LogP contribution is 2.36. The quantitative estimate of drug-likeness (QED) is 0.119. The number of aromatic nitrogens is 6. The van der Waals surface area contributed by atoms with Crippen LogP contribution in [0, 0.1) is 0 Å². The lowest BCUT2D eigenvalue weighted by Crippen LogP contribution is -2.72. The van der Waals surface area contributed by atoms with E-state index in [1.54, 1.807) is 0 Å². The predicted octanol–water partition coefficient (Wildman–Crippen LogP) is 11.4. The number of para-hydroxylation sites is 6. The van der Waals surface area contributed by atoms with Crippen molar-refractivity contribution in [1.82, 2.24) is 28.3 Å². The second kappa shape index (κ2) is 14.3. The van der Waals surface area contributed by atoms with Gasteiger partial charge < -0.3 is 4.23 Å². The van der Waals surface area contributed by atoms with Gasteiger partial charge in [0.2, 0.25) is 11.9 Å². The molecular weight excluding hydrogens is 797 g/mol. The zero-order valence-electron chi connectivity index (χ0n) is 34.6. The smallest absolute Gasteiger partial charge is 0.257 e. The lowest BCUT2D eigenvalue weighted by Gasteiger charge is -2.36. The first kappa shape index (κ1) is 36.3. The van der Waals surface area contributed by atoms with Crippen LogP contribution in [0.1, 0.15) is 0 Å². The van der Waals surface area contributed by atoms with Crippen LogP contribution in [0.2, 0.25) is 0 Å². The van der Waals surface area contributed by atoms with Gasteiger partial charge in [-0.15, -0.1) is 0 Å². The number of hydrogen-bond acceptors (Lipinski definition) is 3. The standard InChI is InChI=1S/C57H38N6Si/c1-3-21-40(22-4-1)64(41-23-5-2-6-24-41,63-53-36-17-11-30-47(53)48-31-12-18-37-54(48)63)42-25-19-20-39(38-42)55-58-56(61-49-32-13-7-26-43(49)44-27-8-14-33-50(44)61)60-57(59-55)62-51-34-15-9-28-45(51)46-29-10-16-35-52(46)62/h1-38H. The molecule has 9 aromatic carbocycles. The average Bonchev–Trinajstić information content (AvgIpc) is 4.01. The van der Waals surface area contributed by atoms with E-state index < -0.39 is 8.24 Å².